The average molecular weight is 240 g/mol. The maximum absolute atomic E-state index is 5.39. The van der Waals surface area contributed by atoms with E-state index in [-0.39, 0.29) is 0 Å². The van der Waals surface area contributed by atoms with E-state index in [0.29, 0.717) is 0 Å². The minimum absolute atomic E-state index is 0.767. The summed E-state index contributed by atoms with van der Waals surface area (Å²) in [5.41, 5.74) is 2.85. The van der Waals surface area contributed by atoms with Gasteiger partial charge >= 0.3 is 0 Å². The van der Waals surface area contributed by atoms with Crippen LogP contribution in [0.1, 0.15) is 11.1 Å². The van der Waals surface area contributed by atoms with Gasteiger partial charge in [-0.3, -0.25) is 0 Å². The molecule has 0 aliphatic rings. The van der Waals surface area contributed by atoms with Crippen molar-refractivity contribution >= 4 is 5.57 Å². The van der Waals surface area contributed by atoms with Gasteiger partial charge in [-0.1, -0.05) is 43.0 Å². The van der Waals surface area contributed by atoms with Crippen molar-refractivity contribution in [2.24, 2.45) is 0 Å². The Kier molecular flexibility index (Phi) is 3.68. The molecule has 2 rings (SSSR count). The fourth-order valence-corrected chi connectivity index (χ4v) is 1.93. The fourth-order valence-electron chi connectivity index (χ4n) is 1.93. The molecule has 0 unspecified atom stereocenters. The first kappa shape index (κ1) is 12.2. The van der Waals surface area contributed by atoms with Crippen molar-refractivity contribution in [3.05, 3.63) is 66.2 Å². The molecule has 0 fully saturated rings. The molecule has 18 heavy (non-hydrogen) atoms. The van der Waals surface area contributed by atoms with Crippen LogP contribution in [0, 0.1) is 0 Å². The molecule has 92 valence electrons. The van der Waals surface area contributed by atoms with E-state index in [4.69, 9.17) is 9.47 Å². The lowest BCUT2D eigenvalue weighted by Crippen LogP contribution is -1.96. The molecule has 2 aromatic carbocycles. The zero-order chi connectivity index (χ0) is 13.0. The number of rotatable bonds is 4. The van der Waals surface area contributed by atoms with Crippen LogP contribution >= 0.6 is 0 Å². The van der Waals surface area contributed by atoms with E-state index in [9.17, 15) is 0 Å². The molecule has 0 amide bonds. The Morgan fingerprint density at radius 2 is 1.39 bits per heavy atom. The molecule has 0 radical (unpaired) electrons. The van der Waals surface area contributed by atoms with Gasteiger partial charge < -0.3 is 9.47 Å². The van der Waals surface area contributed by atoms with Gasteiger partial charge in [-0.05, 0) is 23.3 Å². The van der Waals surface area contributed by atoms with Gasteiger partial charge in [0.25, 0.3) is 0 Å². The monoisotopic (exact) mass is 240 g/mol. The molecular weight excluding hydrogens is 224 g/mol. The third-order valence-electron chi connectivity index (χ3n) is 2.85. The highest BCUT2D eigenvalue weighted by Gasteiger charge is 2.14. The summed E-state index contributed by atoms with van der Waals surface area (Å²) in [5.74, 6) is 1.53. The maximum Gasteiger partial charge on any atom is 0.130 e. The number of methoxy groups -OCH3 is 2. The molecule has 2 aromatic rings. The van der Waals surface area contributed by atoms with Crippen LogP contribution in [-0.4, -0.2) is 14.2 Å². The van der Waals surface area contributed by atoms with E-state index in [2.05, 4.69) is 6.58 Å². The first-order valence-electron chi connectivity index (χ1n) is 5.73. The van der Waals surface area contributed by atoms with Gasteiger partial charge in [0.1, 0.15) is 11.5 Å². The van der Waals surface area contributed by atoms with Gasteiger partial charge in [0.2, 0.25) is 0 Å². The summed E-state index contributed by atoms with van der Waals surface area (Å²) in [4.78, 5) is 0. The van der Waals surface area contributed by atoms with Crippen LogP contribution in [0.5, 0.6) is 11.5 Å². The van der Waals surface area contributed by atoms with E-state index in [1.165, 1.54) is 0 Å². The molecule has 0 spiro atoms. The lowest BCUT2D eigenvalue weighted by molar-refractivity contribution is 0.392. The van der Waals surface area contributed by atoms with E-state index in [1.807, 2.05) is 48.5 Å². The number of ether oxygens (including phenoxy) is 2. The minimum atomic E-state index is 0.767. The zero-order valence-electron chi connectivity index (χ0n) is 10.6. The summed E-state index contributed by atoms with van der Waals surface area (Å²) < 4.78 is 10.8. The van der Waals surface area contributed by atoms with Crippen molar-refractivity contribution < 1.29 is 9.47 Å². The Hall–Kier alpha value is -2.22. The van der Waals surface area contributed by atoms with Gasteiger partial charge in [-0.25, -0.2) is 0 Å². The molecule has 0 saturated carbocycles. The van der Waals surface area contributed by atoms with E-state index in [0.717, 1.165) is 28.2 Å². The van der Waals surface area contributed by atoms with Crippen molar-refractivity contribution in [3.8, 4) is 11.5 Å². The largest absolute Gasteiger partial charge is 0.496 e. The Morgan fingerprint density at radius 3 is 1.89 bits per heavy atom. The quantitative estimate of drug-likeness (QED) is 0.810. The third-order valence-corrected chi connectivity index (χ3v) is 2.85. The van der Waals surface area contributed by atoms with Crippen molar-refractivity contribution in [1.29, 1.82) is 0 Å². The minimum Gasteiger partial charge on any atom is -0.496 e. The Morgan fingerprint density at radius 1 is 0.833 bits per heavy atom. The first-order chi connectivity index (χ1) is 8.77. The number of benzene rings is 2. The van der Waals surface area contributed by atoms with Crippen molar-refractivity contribution in [2.45, 2.75) is 0 Å². The highest BCUT2D eigenvalue weighted by atomic mass is 16.5. The normalized spacial score (nSPS) is 9.89. The molecular formula is C16H16O2. The van der Waals surface area contributed by atoms with Gasteiger partial charge in [0.05, 0.1) is 19.8 Å². The molecule has 0 heterocycles. The van der Waals surface area contributed by atoms with Crippen molar-refractivity contribution in [2.75, 3.05) is 14.2 Å². The Labute approximate surface area is 107 Å². The van der Waals surface area contributed by atoms with E-state index in [1.54, 1.807) is 14.2 Å². The van der Waals surface area contributed by atoms with Crippen LogP contribution < -0.4 is 9.47 Å². The molecule has 0 bridgehead atoms. The smallest absolute Gasteiger partial charge is 0.130 e. The van der Waals surface area contributed by atoms with Crippen LogP contribution in [0.3, 0.4) is 0 Å². The number of hydrogen-bond donors (Lipinski definition) is 0. The molecule has 0 aliphatic heterocycles. The van der Waals surface area contributed by atoms with Crippen LogP contribution in [0.4, 0.5) is 0 Å². The van der Waals surface area contributed by atoms with Crippen molar-refractivity contribution in [3.63, 3.8) is 0 Å². The van der Waals surface area contributed by atoms with Gasteiger partial charge in [-0.15, -0.1) is 0 Å². The summed E-state index contributed by atoms with van der Waals surface area (Å²) >= 11 is 0. The lowest BCUT2D eigenvalue weighted by atomic mass is 9.98. The molecule has 2 heteroatoms. The predicted molar refractivity (Wildman–Crippen MR) is 74.1 cm³/mol. The van der Waals surface area contributed by atoms with Gasteiger partial charge in [-0.2, -0.15) is 0 Å². The second-order valence-corrected chi connectivity index (χ2v) is 3.88. The lowest BCUT2D eigenvalue weighted by Gasteiger charge is -2.15. The fraction of sp³-hybridized carbons (Fsp3) is 0.125. The topological polar surface area (TPSA) is 18.5 Å². The molecule has 0 N–H and O–H groups in total. The molecule has 0 saturated heterocycles. The molecule has 0 aliphatic carbocycles. The summed E-state index contributed by atoms with van der Waals surface area (Å²) in [5, 5.41) is 0. The summed E-state index contributed by atoms with van der Waals surface area (Å²) in [6, 6.07) is 15.7. The van der Waals surface area contributed by atoms with Crippen molar-refractivity contribution in [1.82, 2.24) is 0 Å². The second-order valence-electron chi connectivity index (χ2n) is 3.88. The average Bonchev–Trinajstić information content (AvgIpc) is 2.46. The number of hydrogen-bond acceptors (Lipinski definition) is 2. The summed E-state index contributed by atoms with van der Waals surface area (Å²) in [6.45, 7) is 4.15. The Balaban J connectivity index is 2.53. The molecule has 2 nitrogen and oxygen atoms in total. The zero-order valence-corrected chi connectivity index (χ0v) is 10.6. The van der Waals surface area contributed by atoms with Gasteiger partial charge in [0.15, 0.2) is 0 Å². The van der Waals surface area contributed by atoms with Crippen LogP contribution in [-0.2, 0) is 0 Å². The van der Waals surface area contributed by atoms with Gasteiger partial charge in [0, 0.05) is 0 Å². The highest BCUT2D eigenvalue weighted by molar-refractivity contribution is 5.84. The second kappa shape index (κ2) is 5.41. The summed E-state index contributed by atoms with van der Waals surface area (Å²) in [7, 11) is 3.30. The maximum atomic E-state index is 5.39. The summed E-state index contributed by atoms with van der Waals surface area (Å²) in [6.07, 6.45) is 0. The highest BCUT2D eigenvalue weighted by Crippen LogP contribution is 2.36. The SMILES string of the molecule is C=C(c1ccccc1)c1c(OC)cccc1OC. The molecule has 0 atom stereocenters. The third kappa shape index (κ3) is 2.23. The van der Waals surface area contributed by atoms with Crippen LogP contribution in [0.25, 0.3) is 5.57 Å². The first-order valence-corrected chi connectivity index (χ1v) is 5.73. The Bertz CT molecular complexity index is 522. The van der Waals surface area contributed by atoms with E-state index < -0.39 is 0 Å². The molecule has 0 aromatic heterocycles. The van der Waals surface area contributed by atoms with Crippen LogP contribution in [0.2, 0.25) is 0 Å². The standard InChI is InChI=1S/C16H16O2/c1-12(13-8-5-4-6-9-13)16-14(17-2)10-7-11-15(16)18-3/h4-11H,1H2,2-3H3. The predicted octanol–water partition coefficient (Wildman–Crippen LogP) is 3.77. The van der Waals surface area contributed by atoms with E-state index >= 15 is 0 Å². The van der Waals surface area contributed by atoms with Crippen LogP contribution in [0.15, 0.2) is 55.1 Å².